The molecule has 0 saturated carbocycles. The van der Waals surface area contributed by atoms with Crippen LogP contribution in [0.4, 0.5) is 0 Å². The predicted octanol–water partition coefficient (Wildman–Crippen LogP) is 2.44. The topological polar surface area (TPSA) is 24.5 Å². The molecule has 0 spiro atoms. The van der Waals surface area contributed by atoms with Crippen LogP contribution in [0.25, 0.3) is 0 Å². The monoisotopic (exact) mass is 338 g/mol. The highest BCUT2D eigenvalue weighted by atomic mass is 79.9. The average molecular weight is 339 g/mol. The zero-order valence-corrected chi connectivity index (χ0v) is 13.6. The van der Waals surface area contributed by atoms with Crippen molar-refractivity contribution in [3.05, 3.63) is 34.3 Å². The molecular weight excluding hydrogens is 316 g/mol. The van der Waals surface area contributed by atoms with Gasteiger partial charge in [-0.15, -0.1) is 0 Å². The number of nitrogens with one attached hydrogen (secondary N) is 1. The van der Waals surface area contributed by atoms with Gasteiger partial charge in [-0.25, -0.2) is 0 Å². The molecule has 0 aliphatic carbocycles. The van der Waals surface area contributed by atoms with Crippen molar-refractivity contribution in [2.45, 2.75) is 37.5 Å². The lowest BCUT2D eigenvalue weighted by atomic mass is 9.99. The Balaban J connectivity index is 1.66. The maximum Gasteiger partial charge on any atom is 0.0858 e. The Morgan fingerprint density at radius 1 is 1.45 bits per heavy atom. The first kappa shape index (κ1) is 14.5. The first-order chi connectivity index (χ1) is 9.78. The van der Waals surface area contributed by atoms with Gasteiger partial charge in [0.15, 0.2) is 0 Å². The van der Waals surface area contributed by atoms with Crippen molar-refractivity contribution in [1.82, 2.24) is 10.2 Å². The van der Waals surface area contributed by atoms with Crippen LogP contribution in [-0.4, -0.2) is 49.8 Å². The normalized spacial score (nSPS) is 28.3. The quantitative estimate of drug-likeness (QED) is 0.912. The van der Waals surface area contributed by atoms with E-state index in [0.29, 0.717) is 18.2 Å². The molecule has 20 heavy (non-hydrogen) atoms. The molecule has 110 valence electrons. The summed E-state index contributed by atoms with van der Waals surface area (Å²) < 4.78 is 7.33. The smallest absolute Gasteiger partial charge is 0.0858 e. The van der Waals surface area contributed by atoms with E-state index >= 15 is 0 Å². The summed E-state index contributed by atoms with van der Waals surface area (Å²) in [6.45, 7) is 3.22. The Morgan fingerprint density at radius 2 is 2.30 bits per heavy atom. The number of rotatable bonds is 4. The molecule has 1 aromatic carbocycles. The second-order valence-corrected chi connectivity index (χ2v) is 6.71. The Bertz CT molecular complexity index is 454. The van der Waals surface area contributed by atoms with E-state index in [1.54, 1.807) is 0 Å². The van der Waals surface area contributed by atoms with Gasteiger partial charge in [0.2, 0.25) is 0 Å². The van der Waals surface area contributed by atoms with E-state index in [9.17, 15) is 0 Å². The average Bonchev–Trinajstić information content (AvgIpc) is 2.94. The Morgan fingerprint density at radius 3 is 3.10 bits per heavy atom. The maximum atomic E-state index is 6.14. The van der Waals surface area contributed by atoms with Gasteiger partial charge in [0.05, 0.1) is 12.7 Å². The highest BCUT2D eigenvalue weighted by Gasteiger charge is 2.35. The number of hydrogen-bond donors (Lipinski definition) is 1. The van der Waals surface area contributed by atoms with E-state index in [4.69, 9.17) is 4.74 Å². The van der Waals surface area contributed by atoms with E-state index in [1.165, 1.54) is 29.4 Å². The van der Waals surface area contributed by atoms with Crippen LogP contribution in [0.2, 0.25) is 0 Å². The number of hydrogen-bond acceptors (Lipinski definition) is 3. The Kier molecular flexibility index (Phi) is 4.76. The lowest BCUT2D eigenvalue weighted by Gasteiger charge is -2.39. The van der Waals surface area contributed by atoms with Crippen molar-refractivity contribution < 1.29 is 4.74 Å². The van der Waals surface area contributed by atoms with Crippen molar-refractivity contribution in [3.63, 3.8) is 0 Å². The van der Waals surface area contributed by atoms with Crippen molar-refractivity contribution in [1.29, 1.82) is 0 Å². The van der Waals surface area contributed by atoms with Crippen molar-refractivity contribution in [2.75, 3.05) is 26.7 Å². The fourth-order valence-corrected chi connectivity index (χ4v) is 3.85. The molecule has 0 aromatic heterocycles. The third-order valence-electron chi connectivity index (χ3n) is 4.63. The third-order valence-corrected chi connectivity index (χ3v) is 5.41. The molecule has 2 aliphatic heterocycles. The molecule has 3 nitrogen and oxygen atoms in total. The van der Waals surface area contributed by atoms with E-state index < -0.39 is 0 Å². The highest BCUT2D eigenvalue weighted by Crippen LogP contribution is 2.25. The van der Waals surface area contributed by atoms with E-state index in [1.807, 2.05) is 7.05 Å². The van der Waals surface area contributed by atoms with Gasteiger partial charge in [0.25, 0.3) is 0 Å². The third kappa shape index (κ3) is 3.08. The Labute approximate surface area is 129 Å². The molecule has 1 aromatic rings. The number of morpholine rings is 1. The van der Waals surface area contributed by atoms with Gasteiger partial charge in [0.1, 0.15) is 0 Å². The molecule has 2 aliphatic rings. The summed E-state index contributed by atoms with van der Waals surface area (Å²) in [6, 6.07) is 9.51. The summed E-state index contributed by atoms with van der Waals surface area (Å²) in [4.78, 5) is 2.61. The van der Waals surface area contributed by atoms with Gasteiger partial charge in [-0.05, 0) is 44.5 Å². The first-order valence-electron chi connectivity index (χ1n) is 7.54. The number of halogens is 1. The highest BCUT2D eigenvalue weighted by molar-refractivity contribution is 9.10. The number of nitrogens with zero attached hydrogens (tertiary/aromatic N) is 1. The fraction of sp³-hybridized carbons (Fsp3) is 0.625. The van der Waals surface area contributed by atoms with Crippen LogP contribution < -0.4 is 5.32 Å². The van der Waals surface area contributed by atoms with Crippen molar-refractivity contribution in [2.24, 2.45) is 0 Å². The maximum absolute atomic E-state index is 6.14. The van der Waals surface area contributed by atoms with Crippen LogP contribution in [0, 0.1) is 0 Å². The minimum Gasteiger partial charge on any atom is -0.374 e. The molecule has 3 atom stereocenters. The van der Waals surface area contributed by atoms with Crippen LogP contribution in [0.3, 0.4) is 0 Å². The summed E-state index contributed by atoms with van der Waals surface area (Å²) in [7, 11) is 2.04. The molecule has 3 rings (SSSR count). The molecule has 0 bridgehead atoms. The van der Waals surface area contributed by atoms with Crippen LogP contribution >= 0.6 is 15.9 Å². The summed E-state index contributed by atoms with van der Waals surface area (Å²) in [5, 5.41) is 3.45. The first-order valence-corrected chi connectivity index (χ1v) is 8.33. The molecule has 2 fully saturated rings. The number of fused-ring (bicyclic) bond motifs is 1. The van der Waals surface area contributed by atoms with Crippen LogP contribution in [0.5, 0.6) is 0 Å². The zero-order valence-electron chi connectivity index (χ0n) is 12.0. The van der Waals surface area contributed by atoms with Crippen molar-refractivity contribution in [3.8, 4) is 0 Å². The SMILES string of the molecule is CNC(Cc1ccccc1Br)C1CN2CCCC2CO1. The zero-order chi connectivity index (χ0) is 13.9. The van der Waals surface area contributed by atoms with Crippen LogP contribution in [0.1, 0.15) is 18.4 Å². The number of ether oxygens (including phenoxy) is 1. The molecule has 2 heterocycles. The van der Waals surface area contributed by atoms with E-state index in [0.717, 1.165) is 19.6 Å². The number of likely N-dealkylation sites (N-methyl/N-ethyl adjacent to an activating group) is 1. The molecular formula is C16H23BrN2O. The molecule has 0 radical (unpaired) electrons. The molecule has 0 amide bonds. The molecule has 1 N–H and O–H groups in total. The number of benzene rings is 1. The lowest BCUT2D eigenvalue weighted by molar-refractivity contribution is -0.0634. The standard InChI is InChI=1S/C16H23BrN2O/c1-18-15(9-12-5-2-3-7-14(12)17)16-10-19-8-4-6-13(19)11-20-16/h2-3,5,7,13,15-16,18H,4,6,8-11H2,1H3. The van der Waals surface area contributed by atoms with Crippen molar-refractivity contribution >= 4 is 15.9 Å². The molecule has 3 unspecified atom stereocenters. The van der Waals surface area contributed by atoms with Gasteiger partial charge in [-0.1, -0.05) is 34.1 Å². The largest absolute Gasteiger partial charge is 0.374 e. The predicted molar refractivity (Wildman–Crippen MR) is 85.0 cm³/mol. The minimum absolute atomic E-state index is 0.293. The second-order valence-electron chi connectivity index (χ2n) is 5.85. The van der Waals surface area contributed by atoms with Gasteiger partial charge in [0, 0.05) is 23.1 Å². The summed E-state index contributed by atoms with van der Waals surface area (Å²) in [6.07, 6.45) is 3.93. The second kappa shape index (κ2) is 6.56. The fourth-order valence-electron chi connectivity index (χ4n) is 3.41. The van der Waals surface area contributed by atoms with Crippen LogP contribution in [-0.2, 0) is 11.2 Å². The van der Waals surface area contributed by atoms with Crippen LogP contribution in [0.15, 0.2) is 28.7 Å². The minimum atomic E-state index is 0.293. The summed E-state index contributed by atoms with van der Waals surface area (Å²) in [5.41, 5.74) is 1.35. The summed E-state index contributed by atoms with van der Waals surface area (Å²) in [5.74, 6) is 0. The Hall–Kier alpha value is -0.420. The molecule has 2 saturated heterocycles. The lowest BCUT2D eigenvalue weighted by Crippen LogP contribution is -2.54. The molecule has 4 heteroatoms. The van der Waals surface area contributed by atoms with E-state index in [2.05, 4.69) is 50.4 Å². The van der Waals surface area contributed by atoms with Gasteiger partial charge >= 0.3 is 0 Å². The van der Waals surface area contributed by atoms with Gasteiger partial charge in [-0.2, -0.15) is 0 Å². The van der Waals surface area contributed by atoms with E-state index in [-0.39, 0.29) is 0 Å². The van der Waals surface area contributed by atoms with Gasteiger partial charge in [-0.3, -0.25) is 4.90 Å². The summed E-state index contributed by atoms with van der Waals surface area (Å²) >= 11 is 3.64. The van der Waals surface area contributed by atoms with Gasteiger partial charge < -0.3 is 10.1 Å².